The summed E-state index contributed by atoms with van der Waals surface area (Å²) in [5.41, 5.74) is 0.980. The maximum Gasteiger partial charge on any atom is 0.237 e. The van der Waals surface area contributed by atoms with E-state index in [2.05, 4.69) is 6.07 Å². The molecule has 0 N–H and O–H groups in total. The van der Waals surface area contributed by atoms with Gasteiger partial charge in [0, 0.05) is 6.54 Å². The largest absolute Gasteiger partial charge is 0.309 e. The van der Waals surface area contributed by atoms with Crippen LogP contribution < -0.4 is 4.90 Å². The highest BCUT2D eigenvalue weighted by atomic mass is 32.2. The van der Waals surface area contributed by atoms with Gasteiger partial charge in [-0.15, -0.1) is 23.1 Å². The third-order valence-electron chi connectivity index (χ3n) is 3.87. The highest BCUT2D eigenvalue weighted by Crippen LogP contribution is 2.42. The van der Waals surface area contributed by atoms with Crippen molar-refractivity contribution in [3.05, 3.63) is 10.9 Å². The van der Waals surface area contributed by atoms with Crippen molar-refractivity contribution in [1.82, 2.24) is 0 Å². The minimum atomic E-state index is 0.199. The third kappa shape index (κ3) is 2.65. The Morgan fingerprint density at radius 1 is 1.37 bits per heavy atom. The van der Waals surface area contributed by atoms with Gasteiger partial charge in [0.1, 0.15) is 10.9 Å². The average Bonchev–Trinajstić information content (AvgIpc) is 2.87. The number of thioether (sulfide) groups is 1. The van der Waals surface area contributed by atoms with Crippen molar-refractivity contribution in [1.29, 1.82) is 5.26 Å². The van der Waals surface area contributed by atoms with E-state index in [0.29, 0.717) is 16.5 Å². The van der Waals surface area contributed by atoms with E-state index in [1.54, 1.807) is 11.8 Å². The zero-order valence-electron chi connectivity index (χ0n) is 10.7. The summed E-state index contributed by atoms with van der Waals surface area (Å²) in [5, 5.41) is 9.01. The molecule has 1 fully saturated rings. The van der Waals surface area contributed by atoms with E-state index < -0.39 is 0 Å². The fourth-order valence-corrected chi connectivity index (χ4v) is 4.98. The Morgan fingerprint density at radius 2 is 2.16 bits per heavy atom. The summed E-state index contributed by atoms with van der Waals surface area (Å²) in [6, 6.07) is 4.07. The molecule has 1 aliphatic carbocycles. The predicted octanol–water partition coefficient (Wildman–Crippen LogP) is 3.64. The number of carbonyl (C=O) groups excluding carboxylic acids is 1. The quantitative estimate of drug-likeness (QED) is 0.836. The van der Waals surface area contributed by atoms with Crippen LogP contribution in [0.15, 0.2) is 10.3 Å². The molecule has 5 heteroatoms. The number of thiophene rings is 1. The van der Waals surface area contributed by atoms with E-state index in [1.165, 1.54) is 43.4 Å². The third-order valence-corrected chi connectivity index (χ3v) is 6.16. The minimum absolute atomic E-state index is 0.199. The lowest BCUT2D eigenvalue weighted by Gasteiger charge is -2.32. The van der Waals surface area contributed by atoms with E-state index in [9.17, 15) is 4.79 Å². The topological polar surface area (TPSA) is 44.1 Å². The Labute approximate surface area is 121 Å². The molecule has 0 unspecified atom stereocenters. The molecule has 0 spiro atoms. The summed E-state index contributed by atoms with van der Waals surface area (Å²) in [6.07, 6.45) is 6.40. The molecule has 0 atom stereocenters. The van der Waals surface area contributed by atoms with Crippen LogP contribution in [0, 0.1) is 17.2 Å². The first-order valence-corrected chi connectivity index (χ1v) is 8.55. The molecule has 1 aromatic heterocycles. The number of carbonyl (C=O) groups is 1. The Morgan fingerprint density at radius 3 is 2.89 bits per heavy atom. The molecule has 0 radical (unpaired) electrons. The molecule has 19 heavy (non-hydrogen) atoms. The first kappa shape index (κ1) is 13.0. The van der Waals surface area contributed by atoms with E-state index in [-0.39, 0.29) is 5.91 Å². The summed E-state index contributed by atoms with van der Waals surface area (Å²) >= 11 is 3.09. The number of amides is 1. The monoisotopic (exact) mass is 292 g/mol. The average molecular weight is 292 g/mol. The standard InChI is InChI=1S/C14H16N2OS2/c15-7-11-6-12-14(19-11)18-9-13(17)16(12)8-10-4-2-1-3-5-10/h6,10H,1-5,8-9H2. The van der Waals surface area contributed by atoms with Gasteiger partial charge < -0.3 is 4.90 Å². The number of hydrogen-bond donors (Lipinski definition) is 0. The Balaban J connectivity index is 1.82. The highest BCUT2D eigenvalue weighted by molar-refractivity contribution is 8.02. The smallest absolute Gasteiger partial charge is 0.237 e. The summed E-state index contributed by atoms with van der Waals surface area (Å²) in [6.45, 7) is 0.841. The fourth-order valence-electron chi connectivity index (χ4n) is 2.88. The maximum absolute atomic E-state index is 12.2. The lowest BCUT2D eigenvalue weighted by Crippen LogP contribution is -2.39. The van der Waals surface area contributed by atoms with Crippen molar-refractivity contribution in [2.75, 3.05) is 17.2 Å². The number of nitrogens with zero attached hydrogens (tertiary/aromatic N) is 2. The normalized spacial score (nSPS) is 20.2. The lowest BCUT2D eigenvalue weighted by molar-refractivity contribution is -0.116. The second kappa shape index (κ2) is 5.56. The highest BCUT2D eigenvalue weighted by Gasteiger charge is 2.29. The molecule has 100 valence electrons. The second-order valence-electron chi connectivity index (χ2n) is 5.19. The minimum Gasteiger partial charge on any atom is -0.309 e. The number of nitriles is 1. The molecule has 0 aromatic carbocycles. The van der Waals surface area contributed by atoms with E-state index in [4.69, 9.17) is 5.26 Å². The van der Waals surface area contributed by atoms with Crippen molar-refractivity contribution in [2.45, 2.75) is 36.3 Å². The lowest BCUT2D eigenvalue weighted by atomic mass is 9.89. The SMILES string of the molecule is N#Cc1cc2c(s1)SCC(=O)N2CC1CCCCC1. The zero-order chi connectivity index (χ0) is 13.2. The zero-order valence-corrected chi connectivity index (χ0v) is 12.4. The molecular formula is C14H16N2OS2. The van der Waals surface area contributed by atoms with Gasteiger partial charge in [-0.1, -0.05) is 19.3 Å². The summed E-state index contributed by atoms with van der Waals surface area (Å²) < 4.78 is 1.13. The van der Waals surface area contributed by atoms with Gasteiger partial charge >= 0.3 is 0 Å². The van der Waals surface area contributed by atoms with Gasteiger partial charge in [-0.2, -0.15) is 5.26 Å². The molecule has 3 rings (SSSR count). The molecule has 2 aliphatic rings. The van der Waals surface area contributed by atoms with E-state index in [1.807, 2.05) is 11.0 Å². The molecule has 3 nitrogen and oxygen atoms in total. The van der Waals surface area contributed by atoms with E-state index in [0.717, 1.165) is 16.4 Å². The summed E-state index contributed by atoms with van der Waals surface area (Å²) in [5.74, 6) is 1.36. The molecule has 0 saturated heterocycles. The molecule has 1 aromatic rings. The van der Waals surface area contributed by atoms with Crippen LogP contribution in [0.2, 0.25) is 0 Å². The Hall–Kier alpha value is -0.990. The van der Waals surface area contributed by atoms with Crippen LogP contribution in [-0.2, 0) is 4.79 Å². The molecule has 2 heterocycles. The number of anilines is 1. The van der Waals surface area contributed by atoms with Gasteiger partial charge in [0.15, 0.2) is 0 Å². The first-order chi connectivity index (χ1) is 9.28. The Kier molecular flexibility index (Phi) is 3.81. The summed E-state index contributed by atoms with van der Waals surface area (Å²) in [7, 11) is 0. The van der Waals surface area contributed by atoms with Gasteiger partial charge in [0.25, 0.3) is 0 Å². The first-order valence-electron chi connectivity index (χ1n) is 6.75. The number of hydrogen-bond acceptors (Lipinski definition) is 4. The molecule has 1 aliphatic heterocycles. The van der Waals surface area contributed by atoms with Crippen LogP contribution in [0.3, 0.4) is 0 Å². The van der Waals surface area contributed by atoms with Gasteiger partial charge in [0.2, 0.25) is 5.91 Å². The van der Waals surface area contributed by atoms with Gasteiger partial charge in [0.05, 0.1) is 15.6 Å². The van der Waals surface area contributed by atoms with Crippen LogP contribution in [0.1, 0.15) is 37.0 Å². The van der Waals surface area contributed by atoms with Gasteiger partial charge in [-0.25, -0.2) is 0 Å². The summed E-state index contributed by atoms with van der Waals surface area (Å²) in [4.78, 5) is 14.8. The van der Waals surface area contributed by atoms with Crippen LogP contribution >= 0.6 is 23.1 Å². The van der Waals surface area contributed by atoms with Crippen LogP contribution in [-0.4, -0.2) is 18.2 Å². The maximum atomic E-state index is 12.2. The number of fused-ring (bicyclic) bond motifs is 1. The molecule has 1 saturated carbocycles. The fraction of sp³-hybridized carbons (Fsp3) is 0.571. The van der Waals surface area contributed by atoms with Crippen molar-refractivity contribution in [3.8, 4) is 6.07 Å². The van der Waals surface area contributed by atoms with Crippen molar-refractivity contribution in [2.24, 2.45) is 5.92 Å². The molecule has 0 bridgehead atoms. The molecular weight excluding hydrogens is 276 g/mol. The van der Waals surface area contributed by atoms with Crippen LogP contribution in [0.4, 0.5) is 5.69 Å². The predicted molar refractivity (Wildman–Crippen MR) is 78.7 cm³/mol. The number of rotatable bonds is 2. The van der Waals surface area contributed by atoms with Crippen molar-refractivity contribution >= 4 is 34.7 Å². The molecule has 1 amide bonds. The van der Waals surface area contributed by atoms with E-state index >= 15 is 0 Å². The second-order valence-corrected chi connectivity index (χ2v) is 7.49. The van der Waals surface area contributed by atoms with Crippen molar-refractivity contribution in [3.63, 3.8) is 0 Å². The Bertz CT molecular complexity index is 526. The van der Waals surface area contributed by atoms with Crippen molar-refractivity contribution < 1.29 is 4.79 Å². The van der Waals surface area contributed by atoms with Crippen LogP contribution in [0.25, 0.3) is 0 Å². The van der Waals surface area contributed by atoms with Gasteiger partial charge in [-0.05, 0) is 24.8 Å². The van der Waals surface area contributed by atoms with Crippen LogP contribution in [0.5, 0.6) is 0 Å². The van der Waals surface area contributed by atoms with Gasteiger partial charge in [-0.3, -0.25) is 4.79 Å².